The SMILES string of the molecule is CON1OC=CC=C(N)C=CCC2CC(=O)OC(CO)C=CC(O)C(C)=CCc3cccc(c3C(=O)O2)O1. The van der Waals surface area contributed by atoms with E-state index < -0.39 is 36.9 Å². The summed E-state index contributed by atoms with van der Waals surface area (Å²) in [5.74, 6) is -1.39. The third-order valence-electron chi connectivity index (χ3n) is 5.61. The molecule has 11 nitrogen and oxygen atoms in total. The molecule has 0 aliphatic carbocycles. The van der Waals surface area contributed by atoms with E-state index in [4.69, 9.17) is 29.7 Å². The van der Waals surface area contributed by atoms with Crippen molar-refractivity contribution in [2.24, 2.45) is 5.73 Å². The number of carbonyl (C=O) groups is 2. The predicted molar refractivity (Wildman–Crippen MR) is 136 cm³/mol. The minimum atomic E-state index is -1.01. The van der Waals surface area contributed by atoms with Gasteiger partial charge in [-0.15, -0.1) is 0 Å². The Bertz CT molecular complexity index is 1140. The molecule has 0 saturated heterocycles. The Morgan fingerprint density at radius 3 is 2.79 bits per heavy atom. The molecule has 4 N–H and O–H groups in total. The lowest BCUT2D eigenvalue weighted by atomic mass is 10.0. The van der Waals surface area contributed by atoms with Gasteiger partial charge in [-0.2, -0.15) is 0 Å². The number of aliphatic hydroxyl groups is 2. The molecule has 2 aliphatic heterocycles. The van der Waals surface area contributed by atoms with Gasteiger partial charge in [-0.3, -0.25) is 4.79 Å². The number of fused-ring (bicyclic) bond motifs is 2. The number of aliphatic hydroxyl groups excluding tert-OH is 2. The van der Waals surface area contributed by atoms with Gasteiger partial charge in [0, 0.05) is 12.1 Å². The molecule has 11 heteroatoms. The molecule has 2 aliphatic rings. The highest BCUT2D eigenvalue weighted by Crippen LogP contribution is 2.27. The van der Waals surface area contributed by atoms with Crippen LogP contribution in [0, 0.1) is 0 Å². The number of rotatable bonds is 2. The first-order valence-corrected chi connectivity index (χ1v) is 11.9. The van der Waals surface area contributed by atoms with Gasteiger partial charge in [0.05, 0.1) is 26.2 Å². The summed E-state index contributed by atoms with van der Waals surface area (Å²) < 4.78 is 11.1. The maximum absolute atomic E-state index is 13.5. The zero-order chi connectivity index (χ0) is 27.5. The number of ether oxygens (including phenoxy) is 2. The topological polar surface area (TPSA) is 150 Å². The van der Waals surface area contributed by atoms with Crippen molar-refractivity contribution in [1.29, 1.82) is 0 Å². The van der Waals surface area contributed by atoms with Gasteiger partial charge in [-0.1, -0.05) is 30.4 Å². The van der Waals surface area contributed by atoms with Gasteiger partial charge in [-0.05, 0) is 54.9 Å². The quantitative estimate of drug-likeness (QED) is 0.383. The zero-order valence-electron chi connectivity index (χ0n) is 21.2. The van der Waals surface area contributed by atoms with Crippen molar-refractivity contribution in [3.05, 3.63) is 89.4 Å². The molecule has 38 heavy (non-hydrogen) atoms. The van der Waals surface area contributed by atoms with Crippen molar-refractivity contribution in [2.75, 3.05) is 13.7 Å². The van der Waals surface area contributed by atoms with Gasteiger partial charge < -0.3 is 35.1 Å². The number of cyclic esters (lactones) is 1. The van der Waals surface area contributed by atoms with Gasteiger partial charge in [0.15, 0.2) is 11.1 Å². The smallest absolute Gasteiger partial charge is 0.342 e. The van der Waals surface area contributed by atoms with Gasteiger partial charge in [0.2, 0.25) is 0 Å². The van der Waals surface area contributed by atoms with E-state index >= 15 is 0 Å². The summed E-state index contributed by atoms with van der Waals surface area (Å²) in [5.41, 5.74) is 7.51. The van der Waals surface area contributed by atoms with E-state index in [0.717, 1.165) is 0 Å². The minimum Gasteiger partial charge on any atom is -0.458 e. The number of nitrogens with zero attached hydrogens (tertiary/aromatic N) is 1. The highest BCUT2D eigenvalue weighted by Gasteiger charge is 2.27. The molecule has 0 aromatic heterocycles. The van der Waals surface area contributed by atoms with Crippen LogP contribution in [0.5, 0.6) is 5.75 Å². The van der Waals surface area contributed by atoms with E-state index in [1.807, 2.05) is 0 Å². The highest BCUT2D eigenvalue weighted by atomic mass is 17.2. The molecular weight excluding hydrogens is 496 g/mol. The molecule has 0 spiro atoms. The zero-order valence-corrected chi connectivity index (χ0v) is 21.2. The lowest BCUT2D eigenvalue weighted by Gasteiger charge is -2.21. The van der Waals surface area contributed by atoms with Crippen molar-refractivity contribution in [3.8, 4) is 5.75 Å². The molecule has 0 amide bonds. The van der Waals surface area contributed by atoms with E-state index in [0.29, 0.717) is 22.2 Å². The molecular formula is C27H32N2O9. The van der Waals surface area contributed by atoms with Gasteiger partial charge in [0.1, 0.15) is 24.0 Å². The average molecular weight is 529 g/mol. The normalized spacial score (nSPS) is 23.8. The van der Waals surface area contributed by atoms with Crippen molar-refractivity contribution in [3.63, 3.8) is 0 Å². The first-order valence-electron chi connectivity index (χ1n) is 11.9. The number of allylic oxidation sites excluding steroid dienone is 4. The molecule has 3 rings (SSSR count). The van der Waals surface area contributed by atoms with Crippen LogP contribution in [0.25, 0.3) is 0 Å². The number of hydrogen-bond donors (Lipinski definition) is 3. The molecule has 1 aromatic carbocycles. The number of hydrogen-bond acceptors (Lipinski definition) is 11. The summed E-state index contributed by atoms with van der Waals surface area (Å²) >= 11 is 0. The Morgan fingerprint density at radius 1 is 1.21 bits per heavy atom. The van der Waals surface area contributed by atoms with E-state index in [2.05, 4.69) is 0 Å². The predicted octanol–water partition coefficient (Wildman–Crippen LogP) is 2.33. The Labute approximate surface area is 220 Å². The maximum atomic E-state index is 13.5. The summed E-state index contributed by atoms with van der Waals surface area (Å²) in [7, 11) is 1.31. The summed E-state index contributed by atoms with van der Waals surface area (Å²) in [6.45, 7) is 1.23. The standard InChI is InChI=1S/C27H32N2O9/c1-18-11-12-19-6-3-10-24-26(19)27(33)37-21(16-25(32)36-22(17-30)13-14-23(18)31)9-4-7-20(28)8-5-15-35-29(34-2)38-24/h3-8,10-11,13-15,21-23,30-31H,9,12,16-17,28H2,1-2H3. The molecule has 3 atom stereocenters. The second kappa shape index (κ2) is 14.1. The van der Waals surface area contributed by atoms with Crippen molar-refractivity contribution < 1.29 is 43.8 Å². The number of esters is 2. The fourth-order valence-corrected chi connectivity index (χ4v) is 3.58. The van der Waals surface area contributed by atoms with E-state index in [9.17, 15) is 19.8 Å². The van der Waals surface area contributed by atoms with Crippen LogP contribution in [0.2, 0.25) is 0 Å². The van der Waals surface area contributed by atoms with Crippen LogP contribution in [-0.4, -0.2) is 59.6 Å². The van der Waals surface area contributed by atoms with E-state index in [1.54, 1.807) is 43.4 Å². The molecule has 2 heterocycles. The van der Waals surface area contributed by atoms with Gasteiger partial charge in [0.25, 0.3) is 0 Å². The number of nitrogens with two attached hydrogens (primary N) is 1. The van der Waals surface area contributed by atoms with Gasteiger partial charge in [-0.25, -0.2) is 9.63 Å². The van der Waals surface area contributed by atoms with Gasteiger partial charge >= 0.3 is 11.9 Å². The minimum absolute atomic E-state index is 0.0701. The van der Waals surface area contributed by atoms with E-state index in [-0.39, 0.29) is 30.6 Å². The van der Waals surface area contributed by atoms with Crippen LogP contribution in [0.4, 0.5) is 0 Å². The summed E-state index contributed by atoms with van der Waals surface area (Å²) in [5, 5.41) is 20.8. The Morgan fingerprint density at radius 2 is 2.03 bits per heavy atom. The molecule has 0 radical (unpaired) electrons. The second-order valence-corrected chi connectivity index (χ2v) is 8.45. The fourth-order valence-electron chi connectivity index (χ4n) is 3.58. The number of benzene rings is 1. The van der Waals surface area contributed by atoms with Crippen molar-refractivity contribution >= 4 is 11.9 Å². The Kier molecular flexibility index (Phi) is 10.7. The fraction of sp³-hybridized carbons (Fsp3) is 0.333. The Balaban J connectivity index is 2.11. The highest BCUT2D eigenvalue weighted by molar-refractivity contribution is 5.94. The first kappa shape index (κ1) is 28.7. The molecule has 0 fully saturated rings. The van der Waals surface area contributed by atoms with Crippen LogP contribution in [0.1, 0.15) is 35.7 Å². The molecule has 2 bridgehead atoms. The van der Waals surface area contributed by atoms with E-state index in [1.165, 1.54) is 37.7 Å². The average Bonchev–Trinajstić information content (AvgIpc) is 2.90. The number of carbonyl (C=O) groups excluding carboxylic acids is 2. The van der Waals surface area contributed by atoms with Crippen molar-refractivity contribution in [1.82, 2.24) is 5.39 Å². The lowest BCUT2D eigenvalue weighted by Crippen LogP contribution is -2.28. The molecule has 0 saturated carbocycles. The third kappa shape index (κ3) is 8.32. The summed E-state index contributed by atoms with van der Waals surface area (Å²) in [6.07, 6.45) is 9.37. The van der Waals surface area contributed by atoms with Crippen LogP contribution in [0.15, 0.2) is 78.3 Å². The van der Waals surface area contributed by atoms with Crippen LogP contribution in [0.3, 0.4) is 0 Å². The summed E-state index contributed by atoms with van der Waals surface area (Å²) in [4.78, 5) is 42.3. The first-order chi connectivity index (χ1) is 18.3. The molecule has 204 valence electrons. The maximum Gasteiger partial charge on any atom is 0.342 e. The molecule has 3 unspecified atom stereocenters. The second-order valence-electron chi connectivity index (χ2n) is 8.45. The van der Waals surface area contributed by atoms with Crippen LogP contribution >= 0.6 is 0 Å². The Hall–Kier alpha value is -3.90. The largest absolute Gasteiger partial charge is 0.458 e. The van der Waals surface area contributed by atoms with Crippen LogP contribution < -0.4 is 10.6 Å². The monoisotopic (exact) mass is 528 g/mol. The lowest BCUT2D eigenvalue weighted by molar-refractivity contribution is -0.462. The molecule has 1 aromatic rings. The summed E-state index contributed by atoms with van der Waals surface area (Å²) in [6, 6.07) is 4.93. The van der Waals surface area contributed by atoms with Crippen LogP contribution in [-0.2, 0) is 30.4 Å². The third-order valence-corrected chi connectivity index (χ3v) is 5.61. The van der Waals surface area contributed by atoms with Crippen molar-refractivity contribution in [2.45, 2.75) is 44.5 Å².